The van der Waals surface area contributed by atoms with Gasteiger partial charge >= 0.3 is 0 Å². The van der Waals surface area contributed by atoms with Crippen LogP contribution in [0, 0.1) is 13.8 Å². The molecule has 0 saturated heterocycles. The van der Waals surface area contributed by atoms with E-state index in [4.69, 9.17) is 0 Å². The summed E-state index contributed by atoms with van der Waals surface area (Å²) in [7, 11) is 0. The number of halogens is 1. The molecule has 5 heteroatoms. The molecule has 114 valence electrons. The summed E-state index contributed by atoms with van der Waals surface area (Å²) in [5.41, 5.74) is 3.23. The van der Waals surface area contributed by atoms with Crippen LogP contribution >= 0.6 is 15.9 Å². The number of rotatable bonds is 4. The molecule has 2 aromatic rings. The van der Waals surface area contributed by atoms with Gasteiger partial charge in [0.05, 0.1) is 12.2 Å². The molecule has 2 aromatic carbocycles. The van der Waals surface area contributed by atoms with Gasteiger partial charge in [0, 0.05) is 10.0 Å². The largest absolute Gasteiger partial charge is 0.343 e. The monoisotopic (exact) mass is 360 g/mol. The van der Waals surface area contributed by atoms with Crippen molar-refractivity contribution in [3.63, 3.8) is 0 Å². The Morgan fingerprint density at radius 1 is 1.09 bits per heavy atom. The third kappa shape index (κ3) is 4.18. The van der Waals surface area contributed by atoms with E-state index < -0.39 is 0 Å². The van der Waals surface area contributed by atoms with Gasteiger partial charge in [-0.05, 0) is 59.1 Å². The van der Waals surface area contributed by atoms with Crippen molar-refractivity contribution in [3.8, 4) is 0 Å². The molecule has 4 nitrogen and oxygen atoms in total. The van der Waals surface area contributed by atoms with Crippen molar-refractivity contribution in [2.45, 2.75) is 13.8 Å². The summed E-state index contributed by atoms with van der Waals surface area (Å²) >= 11 is 3.40. The molecule has 0 bridgehead atoms. The van der Waals surface area contributed by atoms with E-state index in [1.165, 1.54) is 0 Å². The van der Waals surface area contributed by atoms with E-state index in [2.05, 4.69) is 26.6 Å². The third-order valence-electron chi connectivity index (χ3n) is 3.20. The van der Waals surface area contributed by atoms with E-state index in [1.807, 2.05) is 44.2 Å². The second-order valence-electron chi connectivity index (χ2n) is 5.03. The summed E-state index contributed by atoms with van der Waals surface area (Å²) in [5, 5.41) is 5.38. The van der Waals surface area contributed by atoms with Crippen molar-refractivity contribution in [2.75, 3.05) is 11.9 Å². The van der Waals surface area contributed by atoms with E-state index in [9.17, 15) is 9.59 Å². The van der Waals surface area contributed by atoms with E-state index in [-0.39, 0.29) is 18.4 Å². The first-order chi connectivity index (χ1) is 10.5. The molecular formula is C17H17BrN2O2. The maximum absolute atomic E-state index is 12.0. The first-order valence-electron chi connectivity index (χ1n) is 6.87. The van der Waals surface area contributed by atoms with Gasteiger partial charge in [0.15, 0.2) is 0 Å². The molecule has 2 rings (SSSR count). The minimum Gasteiger partial charge on any atom is -0.343 e. The highest BCUT2D eigenvalue weighted by molar-refractivity contribution is 9.10. The molecular weight excluding hydrogens is 344 g/mol. The lowest BCUT2D eigenvalue weighted by atomic mass is 10.1. The lowest BCUT2D eigenvalue weighted by Gasteiger charge is -2.10. The van der Waals surface area contributed by atoms with Crippen LogP contribution < -0.4 is 10.6 Å². The predicted octanol–water partition coefficient (Wildman–Crippen LogP) is 3.43. The molecule has 0 unspecified atom stereocenters. The number of nitrogens with one attached hydrogen (secondary N) is 2. The average molecular weight is 361 g/mol. The number of aryl methyl sites for hydroxylation is 2. The van der Waals surface area contributed by atoms with Crippen LogP contribution in [-0.4, -0.2) is 18.4 Å². The van der Waals surface area contributed by atoms with Crippen LogP contribution in [-0.2, 0) is 4.79 Å². The summed E-state index contributed by atoms with van der Waals surface area (Å²) in [5.74, 6) is -0.525. The molecule has 0 aliphatic rings. The number of carbonyl (C=O) groups is 2. The lowest BCUT2D eigenvalue weighted by molar-refractivity contribution is -0.115. The fourth-order valence-corrected chi connectivity index (χ4v) is 2.59. The number of hydrogen-bond acceptors (Lipinski definition) is 2. The van der Waals surface area contributed by atoms with Crippen LogP contribution in [0.1, 0.15) is 21.5 Å². The fourth-order valence-electron chi connectivity index (χ4n) is 2.00. The van der Waals surface area contributed by atoms with Crippen molar-refractivity contribution in [3.05, 3.63) is 63.6 Å². The first kappa shape index (κ1) is 16.2. The Kier molecular flexibility index (Phi) is 5.33. The molecule has 2 amide bonds. The van der Waals surface area contributed by atoms with Crippen LogP contribution in [0.25, 0.3) is 0 Å². The van der Waals surface area contributed by atoms with Crippen molar-refractivity contribution >= 4 is 33.4 Å². The molecule has 0 radical (unpaired) electrons. The summed E-state index contributed by atoms with van der Waals surface area (Å²) in [6.45, 7) is 3.75. The van der Waals surface area contributed by atoms with Gasteiger partial charge in [-0.1, -0.05) is 24.3 Å². The van der Waals surface area contributed by atoms with Gasteiger partial charge in [-0.2, -0.15) is 0 Å². The van der Waals surface area contributed by atoms with Crippen molar-refractivity contribution in [1.82, 2.24) is 5.32 Å². The summed E-state index contributed by atoms with van der Waals surface area (Å²) < 4.78 is 0.811. The number of anilines is 1. The molecule has 0 aliphatic carbocycles. The van der Waals surface area contributed by atoms with Crippen LogP contribution in [0.3, 0.4) is 0 Å². The molecule has 22 heavy (non-hydrogen) atoms. The van der Waals surface area contributed by atoms with E-state index in [0.717, 1.165) is 15.6 Å². The standard InChI is InChI=1S/C17H17BrN2O2/c1-11-7-8-15(14(18)9-11)20-16(21)10-19-17(22)13-6-4-3-5-12(13)2/h3-9H,10H2,1-2H3,(H,19,22)(H,20,21). The van der Waals surface area contributed by atoms with E-state index in [1.54, 1.807) is 12.1 Å². The van der Waals surface area contributed by atoms with Crippen molar-refractivity contribution in [2.24, 2.45) is 0 Å². The highest BCUT2D eigenvalue weighted by Crippen LogP contribution is 2.23. The van der Waals surface area contributed by atoms with Crippen molar-refractivity contribution < 1.29 is 9.59 Å². The van der Waals surface area contributed by atoms with Crippen molar-refractivity contribution in [1.29, 1.82) is 0 Å². The molecule has 0 saturated carbocycles. The molecule has 2 N–H and O–H groups in total. The van der Waals surface area contributed by atoms with Crippen LogP contribution in [0.15, 0.2) is 46.9 Å². The number of hydrogen-bond donors (Lipinski definition) is 2. The molecule has 0 heterocycles. The maximum Gasteiger partial charge on any atom is 0.251 e. The lowest BCUT2D eigenvalue weighted by Crippen LogP contribution is -2.33. The minimum atomic E-state index is -0.272. The smallest absolute Gasteiger partial charge is 0.251 e. The fraction of sp³-hybridized carbons (Fsp3) is 0.176. The normalized spacial score (nSPS) is 10.1. The number of carbonyl (C=O) groups excluding carboxylic acids is 2. The van der Waals surface area contributed by atoms with Gasteiger partial charge in [0.25, 0.3) is 5.91 Å². The highest BCUT2D eigenvalue weighted by Gasteiger charge is 2.11. The minimum absolute atomic E-state index is 0.0759. The molecule has 0 atom stereocenters. The highest BCUT2D eigenvalue weighted by atomic mass is 79.9. The van der Waals surface area contributed by atoms with Gasteiger partial charge in [-0.15, -0.1) is 0 Å². The summed E-state index contributed by atoms with van der Waals surface area (Å²) in [6, 6.07) is 12.9. The molecule has 0 spiro atoms. The van der Waals surface area contributed by atoms with Crippen LogP contribution in [0.4, 0.5) is 5.69 Å². The van der Waals surface area contributed by atoms with Gasteiger partial charge < -0.3 is 10.6 Å². The SMILES string of the molecule is Cc1ccc(NC(=O)CNC(=O)c2ccccc2C)c(Br)c1. The zero-order chi connectivity index (χ0) is 16.1. The van der Waals surface area contributed by atoms with E-state index >= 15 is 0 Å². The summed E-state index contributed by atoms with van der Waals surface area (Å²) in [6.07, 6.45) is 0. The Hall–Kier alpha value is -2.14. The zero-order valence-corrected chi connectivity index (χ0v) is 14.0. The zero-order valence-electron chi connectivity index (χ0n) is 12.4. The Balaban J connectivity index is 1.93. The van der Waals surface area contributed by atoms with Gasteiger partial charge in [0.1, 0.15) is 0 Å². The average Bonchev–Trinajstić information content (AvgIpc) is 2.48. The van der Waals surface area contributed by atoms with Crippen LogP contribution in [0.2, 0.25) is 0 Å². The topological polar surface area (TPSA) is 58.2 Å². The van der Waals surface area contributed by atoms with Gasteiger partial charge in [0.2, 0.25) is 5.91 Å². The second-order valence-corrected chi connectivity index (χ2v) is 5.88. The molecule has 0 aliphatic heterocycles. The van der Waals surface area contributed by atoms with Crippen LogP contribution in [0.5, 0.6) is 0 Å². The van der Waals surface area contributed by atoms with Gasteiger partial charge in [-0.3, -0.25) is 9.59 Å². The number of benzene rings is 2. The third-order valence-corrected chi connectivity index (χ3v) is 3.85. The molecule has 0 aromatic heterocycles. The Morgan fingerprint density at radius 2 is 1.82 bits per heavy atom. The van der Waals surface area contributed by atoms with E-state index in [0.29, 0.717) is 11.3 Å². The maximum atomic E-state index is 12.0. The Labute approximate surface area is 138 Å². The predicted molar refractivity (Wildman–Crippen MR) is 91.0 cm³/mol. The van der Waals surface area contributed by atoms with Gasteiger partial charge in [-0.25, -0.2) is 0 Å². The summed E-state index contributed by atoms with van der Waals surface area (Å²) in [4.78, 5) is 24.0. The quantitative estimate of drug-likeness (QED) is 0.877. The Morgan fingerprint density at radius 3 is 2.50 bits per heavy atom. The Bertz CT molecular complexity index is 714. The second kappa shape index (κ2) is 7.22. The number of amides is 2. The molecule has 0 fully saturated rings. The first-order valence-corrected chi connectivity index (χ1v) is 7.66.